The first-order valence-corrected chi connectivity index (χ1v) is 6.46. The third-order valence-corrected chi connectivity index (χ3v) is 2.82. The number of aromatic nitrogens is 2. The van der Waals surface area contributed by atoms with Crippen LogP contribution in [-0.4, -0.2) is 30.2 Å². The summed E-state index contributed by atoms with van der Waals surface area (Å²) in [6, 6.07) is 7.93. The Morgan fingerprint density at radius 3 is 2.30 bits per heavy atom. The van der Waals surface area contributed by atoms with Crippen LogP contribution in [0.3, 0.4) is 0 Å². The lowest BCUT2D eigenvalue weighted by molar-refractivity contribution is 0.325. The van der Waals surface area contributed by atoms with Gasteiger partial charge < -0.3 is 9.64 Å². The number of benzene rings is 1. The van der Waals surface area contributed by atoms with Crippen LogP contribution >= 0.6 is 0 Å². The fourth-order valence-corrected chi connectivity index (χ4v) is 1.81. The number of rotatable bonds is 5. The SMILES string of the molecule is Cc1cc(C)nc(N(C)CCOc2ccc(F)cc2)n1. The Morgan fingerprint density at radius 1 is 1.10 bits per heavy atom. The second kappa shape index (κ2) is 6.32. The number of hydrogen-bond acceptors (Lipinski definition) is 4. The molecular weight excluding hydrogens is 257 g/mol. The van der Waals surface area contributed by atoms with Crippen molar-refractivity contribution in [3.05, 3.63) is 47.5 Å². The Hall–Kier alpha value is -2.17. The summed E-state index contributed by atoms with van der Waals surface area (Å²) in [5.74, 6) is 1.07. The molecule has 0 radical (unpaired) electrons. The molecule has 1 aromatic heterocycles. The van der Waals surface area contributed by atoms with Crippen LogP contribution in [0.15, 0.2) is 30.3 Å². The molecule has 20 heavy (non-hydrogen) atoms. The standard InChI is InChI=1S/C15H18FN3O/c1-11-10-12(2)18-15(17-11)19(3)8-9-20-14-6-4-13(16)5-7-14/h4-7,10H,8-9H2,1-3H3. The van der Waals surface area contributed by atoms with Crippen molar-refractivity contribution in [2.75, 3.05) is 25.1 Å². The number of anilines is 1. The second-order valence-corrected chi connectivity index (χ2v) is 4.67. The molecule has 0 saturated carbocycles. The van der Waals surface area contributed by atoms with Crippen molar-refractivity contribution in [3.8, 4) is 5.75 Å². The van der Waals surface area contributed by atoms with Gasteiger partial charge in [-0.15, -0.1) is 0 Å². The van der Waals surface area contributed by atoms with Crippen molar-refractivity contribution >= 4 is 5.95 Å². The minimum atomic E-state index is -0.266. The van der Waals surface area contributed by atoms with E-state index in [1.807, 2.05) is 31.9 Å². The minimum absolute atomic E-state index is 0.266. The summed E-state index contributed by atoms with van der Waals surface area (Å²) in [7, 11) is 1.92. The van der Waals surface area contributed by atoms with Crippen LogP contribution in [0.5, 0.6) is 5.75 Å². The molecule has 2 aromatic rings. The number of aryl methyl sites for hydroxylation is 2. The zero-order valence-corrected chi connectivity index (χ0v) is 11.9. The minimum Gasteiger partial charge on any atom is -0.492 e. The van der Waals surface area contributed by atoms with E-state index in [9.17, 15) is 4.39 Å². The van der Waals surface area contributed by atoms with Gasteiger partial charge in [-0.2, -0.15) is 0 Å². The zero-order chi connectivity index (χ0) is 14.5. The van der Waals surface area contributed by atoms with Gasteiger partial charge in [-0.05, 0) is 44.2 Å². The average Bonchev–Trinajstić information content (AvgIpc) is 2.40. The van der Waals surface area contributed by atoms with Crippen LogP contribution in [0.1, 0.15) is 11.4 Å². The third kappa shape index (κ3) is 3.91. The Bertz CT molecular complexity index is 552. The van der Waals surface area contributed by atoms with Gasteiger partial charge in [0, 0.05) is 18.4 Å². The van der Waals surface area contributed by atoms with E-state index in [1.165, 1.54) is 12.1 Å². The highest BCUT2D eigenvalue weighted by atomic mass is 19.1. The van der Waals surface area contributed by atoms with Crippen molar-refractivity contribution in [3.63, 3.8) is 0 Å². The molecule has 0 aliphatic carbocycles. The molecule has 0 aliphatic rings. The molecule has 4 nitrogen and oxygen atoms in total. The molecule has 5 heteroatoms. The molecule has 1 heterocycles. The lowest BCUT2D eigenvalue weighted by atomic mass is 10.3. The van der Waals surface area contributed by atoms with Gasteiger partial charge in [-0.3, -0.25) is 0 Å². The summed E-state index contributed by atoms with van der Waals surface area (Å²) >= 11 is 0. The molecule has 2 rings (SSSR count). The van der Waals surface area contributed by atoms with E-state index < -0.39 is 0 Å². The van der Waals surface area contributed by atoms with E-state index in [2.05, 4.69) is 9.97 Å². The third-order valence-electron chi connectivity index (χ3n) is 2.82. The highest BCUT2D eigenvalue weighted by Gasteiger charge is 2.06. The summed E-state index contributed by atoms with van der Waals surface area (Å²) in [5, 5.41) is 0. The summed E-state index contributed by atoms with van der Waals surface area (Å²) in [6.07, 6.45) is 0. The van der Waals surface area contributed by atoms with Gasteiger partial charge in [0.25, 0.3) is 0 Å². The molecule has 0 fully saturated rings. The van der Waals surface area contributed by atoms with E-state index >= 15 is 0 Å². The van der Waals surface area contributed by atoms with Crippen molar-refractivity contribution in [2.24, 2.45) is 0 Å². The Kier molecular flexibility index (Phi) is 4.50. The highest BCUT2D eigenvalue weighted by molar-refractivity contribution is 5.31. The quantitative estimate of drug-likeness (QED) is 0.841. The molecule has 0 aliphatic heterocycles. The molecule has 106 valence electrons. The normalized spacial score (nSPS) is 10.4. The first kappa shape index (κ1) is 14.2. The molecule has 1 aromatic carbocycles. The summed E-state index contributed by atoms with van der Waals surface area (Å²) in [4.78, 5) is 10.7. The van der Waals surface area contributed by atoms with Gasteiger partial charge in [-0.1, -0.05) is 0 Å². The predicted octanol–water partition coefficient (Wildman–Crippen LogP) is 2.75. The monoisotopic (exact) mass is 275 g/mol. The van der Waals surface area contributed by atoms with E-state index in [-0.39, 0.29) is 5.82 Å². The van der Waals surface area contributed by atoms with E-state index in [0.29, 0.717) is 24.8 Å². The van der Waals surface area contributed by atoms with Gasteiger partial charge in [0.1, 0.15) is 18.2 Å². The van der Waals surface area contributed by atoms with Crippen LogP contribution in [0, 0.1) is 19.7 Å². The van der Waals surface area contributed by atoms with Crippen LogP contribution < -0.4 is 9.64 Å². The van der Waals surface area contributed by atoms with Gasteiger partial charge in [0.2, 0.25) is 5.95 Å². The molecule has 0 atom stereocenters. The lowest BCUT2D eigenvalue weighted by Gasteiger charge is -2.18. The first-order chi connectivity index (χ1) is 9.54. The van der Waals surface area contributed by atoms with Crippen molar-refractivity contribution in [2.45, 2.75) is 13.8 Å². The van der Waals surface area contributed by atoms with Crippen LogP contribution in [-0.2, 0) is 0 Å². The molecule has 0 spiro atoms. The summed E-state index contributed by atoms with van der Waals surface area (Å²) < 4.78 is 18.3. The van der Waals surface area contributed by atoms with Gasteiger partial charge in [-0.25, -0.2) is 14.4 Å². The lowest BCUT2D eigenvalue weighted by Crippen LogP contribution is -2.26. The van der Waals surface area contributed by atoms with Crippen molar-refractivity contribution in [1.29, 1.82) is 0 Å². The molecule has 0 amide bonds. The number of ether oxygens (including phenoxy) is 1. The Labute approximate surface area is 118 Å². The fourth-order valence-electron chi connectivity index (χ4n) is 1.81. The van der Waals surface area contributed by atoms with E-state index in [4.69, 9.17) is 4.74 Å². The smallest absolute Gasteiger partial charge is 0.225 e. The van der Waals surface area contributed by atoms with E-state index in [0.717, 1.165) is 11.4 Å². The van der Waals surface area contributed by atoms with Gasteiger partial charge in [0.05, 0.1) is 6.54 Å². The number of halogens is 1. The maximum Gasteiger partial charge on any atom is 0.225 e. The average molecular weight is 275 g/mol. The Balaban J connectivity index is 1.88. The van der Waals surface area contributed by atoms with Crippen LogP contribution in [0.2, 0.25) is 0 Å². The topological polar surface area (TPSA) is 38.2 Å². The van der Waals surface area contributed by atoms with Gasteiger partial charge in [0.15, 0.2) is 0 Å². The van der Waals surface area contributed by atoms with Crippen LogP contribution in [0.25, 0.3) is 0 Å². The molecule has 0 bridgehead atoms. The maximum absolute atomic E-state index is 12.8. The number of hydrogen-bond donors (Lipinski definition) is 0. The number of likely N-dealkylation sites (N-methyl/N-ethyl adjacent to an activating group) is 1. The second-order valence-electron chi connectivity index (χ2n) is 4.67. The zero-order valence-electron chi connectivity index (χ0n) is 11.9. The van der Waals surface area contributed by atoms with Crippen molar-refractivity contribution < 1.29 is 9.13 Å². The van der Waals surface area contributed by atoms with Gasteiger partial charge >= 0.3 is 0 Å². The predicted molar refractivity (Wildman–Crippen MR) is 76.7 cm³/mol. The molecule has 0 N–H and O–H groups in total. The van der Waals surface area contributed by atoms with E-state index in [1.54, 1.807) is 12.1 Å². The van der Waals surface area contributed by atoms with Crippen LogP contribution in [0.4, 0.5) is 10.3 Å². The molecule has 0 saturated heterocycles. The molecule has 0 unspecified atom stereocenters. The largest absolute Gasteiger partial charge is 0.492 e. The number of nitrogens with zero attached hydrogens (tertiary/aromatic N) is 3. The fraction of sp³-hybridized carbons (Fsp3) is 0.333. The Morgan fingerprint density at radius 2 is 1.70 bits per heavy atom. The van der Waals surface area contributed by atoms with Crippen molar-refractivity contribution in [1.82, 2.24) is 9.97 Å². The summed E-state index contributed by atoms with van der Waals surface area (Å²) in [5.41, 5.74) is 1.89. The highest BCUT2D eigenvalue weighted by Crippen LogP contribution is 2.12. The molecular formula is C15H18FN3O. The summed E-state index contributed by atoms with van der Waals surface area (Å²) in [6.45, 7) is 5.03. The maximum atomic E-state index is 12.8. The first-order valence-electron chi connectivity index (χ1n) is 6.46.